The summed E-state index contributed by atoms with van der Waals surface area (Å²) < 4.78 is 13.1. The van der Waals surface area contributed by atoms with E-state index in [1.54, 1.807) is 6.07 Å². The van der Waals surface area contributed by atoms with Crippen LogP contribution in [0.15, 0.2) is 18.2 Å². The summed E-state index contributed by atoms with van der Waals surface area (Å²) in [4.78, 5) is 2.17. The van der Waals surface area contributed by atoms with Crippen molar-refractivity contribution in [2.45, 2.75) is 46.1 Å². The largest absolute Gasteiger partial charge is 0.368 e. The monoisotopic (exact) mass is 248 g/mol. The Morgan fingerprint density at radius 1 is 1.33 bits per heavy atom. The second kappa shape index (κ2) is 7.00. The first-order valence-electron chi connectivity index (χ1n) is 6.56. The van der Waals surface area contributed by atoms with E-state index in [4.69, 9.17) is 5.26 Å². The fourth-order valence-corrected chi connectivity index (χ4v) is 2.04. The van der Waals surface area contributed by atoms with Crippen LogP contribution in [0.2, 0.25) is 0 Å². The first kappa shape index (κ1) is 14.5. The third kappa shape index (κ3) is 3.73. The summed E-state index contributed by atoms with van der Waals surface area (Å²) in [5, 5.41) is 9.10. The number of halogens is 1. The zero-order valence-electron chi connectivity index (χ0n) is 11.4. The Morgan fingerprint density at radius 3 is 2.61 bits per heavy atom. The molecule has 2 nitrogen and oxygen atoms in total. The topological polar surface area (TPSA) is 27.0 Å². The van der Waals surface area contributed by atoms with Gasteiger partial charge >= 0.3 is 0 Å². The summed E-state index contributed by atoms with van der Waals surface area (Å²) in [5.41, 5.74) is 1.25. The number of nitrogens with zero attached hydrogens (tertiary/aromatic N) is 2. The van der Waals surface area contributed by atoms with Gasteiger partial charge < -0.3 is 4.90 Å². The van der Waals surface area contributed by atoms with Crippen molar-refractivity contribution in [1.82, 2.24) is 0 Å². The summed E-state index contributed by atoms with van der Waals surface area (Å²) in [6.07, 6.45) is 3.43. The quantitative estimate of drug-likeness (QED) is 0.709. The number of hydrogen-bond donors (Lipinski definition) is 0. The average molecular weight is 248 g/mol. The molecule has 0 heterocycles. The molecule has 0 fully saturated rings. The van der Waals surface area contributed by atoms with Gasteiger partial charge in [0.1, 0.15) is 11.9 Å². The number of hydrogen-bond acceptors (Lipinski definition) is 2. The molecule has 0 spiro atoms. The van der Waals surface area contributed by atoms with Gasteiger partial charge in [-0.05, 0) is 38.5 Å². The van der Waals surface area contributed by atoms with Crippen LogP contribution in [0.1, 0.15) is 45.6 Å². The van der Waals surface area contributed by atoms with Crippen molar-refractivity contribution in [3.05, 3.63) is 29.6 Å². The van der Waals surface area contributed by atoms with Crippen LogP contribution in [0.4, 0.5) is 10.1 Å². The molecule has 18 heavy (non-hydrogen) atoms. The SMILES string of the molecule is CCCCCN(c1ccc(F)cc1C#N)C(C)C. The molecule has 3 heteroatoms. The summed E-state index contributed by atoms with van der Waals surface area (Å²) in [5.74, 6) is -0.354. The summed E-state index contributed by atoms with van der Waals surface area (Å²) in [7, 11) is 0. The van der Waals surface area contributed by atoms with Gasteiger partial charge in [-0.25, -0.2) is 4.39 Å². The Hall–Kier alpha value is -1.56. The van der Waals surface area contributed by atoms with E-state index in [1.807, 2.05) is 0 Å². The van der Waals surface area contributed by atoms with Crippen LogP contribution in [0.25, 0.3) is 0 Å². The van der Waals surface area contributed by atoms with Crippen LogP contribution < -0.4 is 4.90 Å². The number of unbranched alkanes of at least 4 members (excludes halogenated alkanes) is 2. The van der Waals surface area contributed by atoms with E-state index in [9.17, 15) is 4.39 Å². The Kier molecular flexibility index (Phi) is 5.64. The van der Waals surface area contributed by atoms with E-state index in [0.717, 1.165) is 18.7 Å². The average Bonchev–Trinajstić information content (AvgIpc) is 2.35. The van der Waals surface area contributed by atoms with Gasteiger partial charge in [0.15, 0.2) is 0 Å². The maximum Gasteiger partial charge on any atom is 0.124 e. The standard InChI is InChI=1S/C15H21FN2/c1-4-5-6-9-18(12(2)3)15-8-7-14(16)10-13(15)11-17/h7-8,10,12H,4-6,9H2,1-3H3. The van der Waals surface area contributed by atoms with Crippen LogP contribution in [-0.2, 0) is 0 Å². The lowest BCUT2D eigenvalue weighted by Crippen LogP contribution is -2.32. The van der Waals surface area contributed by atoms with Gasteiger partial charge in [0, 0.05) is 12.6 Å². The third-order valence-electron chi connectivity index (χ3n) is 3.01. The minimum Gasteiger partial charge on any atom is -0.368 e. The highest BCUT2D eigenvalue weighted by Gasteiger charge is 2.14. The second-order valence-electron chi connectivity index (χ2n) is 4.77. The predicted molar refractivity (Wildman–Crippen MR) is 73.1 cm³/mol. The van der Waals surface area contributed by atoms with E-state index in [2.05, 4.69) is 31.7 Å². The van der Waals surface area contributed by atoms with E-state index < -0.39 is 0 Å². The Labute approximate surface area is 109 Å². The van der Waals surface area contributed by atoms with Gasteiger partial charge in [-0.1, -0.05) is 19.8 Å². The van der Waals surface area contributed by atoms with Crippen LogP contribution in [-0.4, -0.2) is 12.6 Å². The van der Waals surface area contributed by atoms with Gasteiger partial charge in [-0.2, -0.15) is 5.26 Å². The van der Waals surface area contributed by atoms with Crippen molar-refractivity contribution in [1.29, 1.82) is 5.26 Å². The number of nitriles is 1. The number of benzene rings is 1. The first-order chi connectivity index (χ1) is 8.60. The molecule has 0 amide bonds. The molecule has 0 atom stereocenters. The van der Waals surface area contributed by atoms with Crippen molar-refractivity contribution in [3.8, 4) is 6.07 Å². The van der Waals surface area contributed by atoms with Gasteiger partial charge in [-0.3, -0.25) is 0 Å². The molecule has 98 valence electrons. The third-order valence-corrected chi connectivity index (χ3v) is 3.01. The fourth-order valence-electron chi connectivity index (χ4n) is 2.04. The normalized spacial score (nSPS) is 10.4. The van der Waals surface area contributed by atoms with Crippen molar-refractivity contribution in [2.75, 3.05) is 11.4 Å². The molecule has 1 aromatic carbocycles. The highest BCUT2D eigenvalue weighted by atomic mass is 19.1. The van der Waals surface area contributed by atoms with Crippen LogP contribution in [0, 0.1) is 17.1 Å². The zero-order chi connectivity index (χ0) is 13.5. The van der Waals surface area contributed by atoms with Gasteiger partial charge in [-0.15, -0.1) is 0 Å². The van der Waals surface area contributed by atoms with Crippen LogP contribution in [0.5, 0.6) is 0 Å². The van der Waals surface area contributed by atoms with E-state index in [-0.39, 0.29) is 5.82 Å². The summed E-state index contributed by atoms with van der Waals surface area (Å²) in [6, 6.07) is 6.83. The van der Waals surface area contributed by atoms with Crippen molar-refractivity contribution >= 4 is 5.69 Å². The first-order valence-corrected chi connectivity index (χ1v) is 6.56. The lowest BCUT2D eigenvalue weighted by Gasteiger charge is -2.29. The smallest absolute Gasteiger partial charge is 0.124 e. The van der Waals surface area contributed by atoms with Crippen LogP contribution >= 0.6 is 0 Å². The summed E-state index contributed by atoms with van der Waals surface area (Å²) in [6.45, 7) is 7.26. The number of anilines is 1. The van der Waals surface area contributed by atoms with E-state index in [1.165, 1.54) is 25.0 Å². The highest BCUT2D eigenvalue weighted by Crippen LogP contribution is 2.23. The van der Waals surface area contributed by atoms with E-state index >= 15 is 0 Å². The molecule has 0 bridgehead atoms. The molecule has 0 aromatic heterocycles. The molecule has 0 saturated heterocycles. The molecule has 0 aliphatic heterocycles. The Balaban J connectivity index is 2.95. The molecule has 1 rings (SSSR count). The maximum absolute atomic E-state index is 13.1. The minimum absolute atomic E-state index is 0.305. The van der Waals surface area contributed by atoms with Crippen molar-refractivity contribution in [3.63, 3.8) is 0 Å². The van der Waals surface area contributed by atoms with Crippen molar-refractivity contribution in [2.24, 2.45) is 0 Å². The van der Waals surface area contributed by atoms with E-state index in [0.29, 0.717) is 11.6 Å². The van der Waals surface area contributed by atoms with Gasteiger partial charge in [0.05, 0.1) is 11.3 Å². The molecule has 0 radical (unpaired) electrons. The molecule has 0 unspecified atom stereocenters. The molecule has 0 aliphatic carbocycles. The molecule has 0 N–H and O–H groups in total. The summed E-state index contributed by atoms with van der Waals surface area (Å²) >= 11 is 0. The number of rotatable bonds is 6. The van der Waals surface area contributed by atoms with Crippen LogP contribution in [0.3, 0.4) is 0 Å². The second-order valence-corrected chi connectivity index (χ2v) is 4.77. The van der Waals surface area contributed by atoms with Crippen molar-refractivity contribution < 1.29 is 4.39 Å². The molecule has 0 aliphatic rings. The van der Waals surface area contributed by atoms with Gasteiger partial charge in [0.2, 0.25) is 0 Å². The maximum atomic E-state index is 13.1. The molecular formula is C15H21FN2. The Morgan fingerprint density at radius 2 is 2.06 bits per heavy atom. The lowest BCUT2D eigenvalue weighted by atomic mass is 10.1. The zero-order valence-corrected chi connectivity index (χ0v) is 11.4. The predicted octanol–water partition coefficient (Wildman–Crippen LogP) is 4.10. The molecule has 0 saturated carbocycles. The van der Waals surface area contributed by atoms with Gasteiger partial charge in [0.25, 0.3) is 0 Å². The minimum atomic E-state index is -0.354. The fraction of sp³-hybridized carbons (Fsp3) is 0.533. The lowest BCUT2D eigenvalue weighted by molar-refractivity contribution is 0.616. The Bertz CT molecular complexity index is 421. The molecular weight excluding hydrogens is 227 g/mol. The highest BCUT2D eigenvalue weighted by molar-refractivity contribution is 5.59. The molecule has 1 aromatic rings.